The number of nitrogens with zero attached hydrogens (tertiary/aromatic N) is 3. The van der Waals surface area contributed by atoms with Crippen molar-refractivity contribution in [1.29, 1.82) is 0 Å². The van der Waals surface area contributed by atoms with E-state index in [1.54, 1.807) is 22.3 Å². The molecule has 1 aliphatic heterocycles. The average Bonchev–Trinajstić information content (AvgIpc) is 3.33. The van der Waals surface area contributed by atoms with E-state index >= 15 is 0 Å². The molecule has 0 spiro atoms. The smallest absolute Gasteiger partial charge is 0.335 e. The normalized spacial score (nSPS) is 13.5. The number of carbonyl (C=O) groups excluding carboxylic acids is 2. The summed E-state index contributed by atoms with van der Waals surface area (Å²) in [5.74, 6) is -1.47. The van der Waals surface area contributed by atoms with E-state index in [0.717, 1.165) is 32.5 Å². The van der Waals surface area contributed by atoms with Crippen LogP contribution in [0.3, 0.4) is 0 Å². The highest BCUT2D eigenvalue weighted by Gasteiger charge is 2.32. The van der Waals surface area contributed by atoms with Crippen LogP contribution in [0, 0.1) is 0 Å². The van der Waals surface area contributed by atoms with Gasteiger partial charge in [0, 0.05) is 18.0 Å². The van der Waals surface area contributed by atoms with Gasteiger partial charge in [-0.15, -0.1) is 11.3 Å². The number of nitrogens with one attached hydrogen (secondary N) is 1. The average molecular weight is 473 g/mol. The molecule has 2 aromatic rings. The molecule has 1 aromatic heterocycles. The maximum absolute atomic E-state index is 13.0. The summed E-state index contributed by atoms with van der Waals surface area (Å²) in [5.41, 5.74) is 1.15. The van der Waals surface area contributed by atoms with Gasteiger partial charge in [0.05, 0.1) is 23.5 Å². The molecule has 0 atom stereocenters. The maximum atomic E-state index is 13.0. The van der Waals surface area contributed by atoms with Crippen molar-refractivity contribution >= 4 is 40.5 Å². The largest absolute Gasteiger partial charge is 0.478 e. The number of thiophene rings is 1. The number of carbonyl (C=O) groups is 3. The van der Waals surface area contributed by atoms with Gasteiger partial charge in [-0.3, -0.25) is 14.5 Å². The summed E-state index contributed by atoms with van der Waals surface area (Å²) in [6, 6.07) is 8.66. The van der Waals surface area contributed by atoms with Crippen molar-refractivity contribution in [2.45, 2.75) is 26.7 Å². The van der Waals surface area contributed by atoms with E-state index < -0.39 is 5.97 Å². The lowest BCUT2D eigenvalue weighted by Gasteiger charge is -2.36. The Kier molecular flexibility index (Phi) is 8.99. The highest BCUT2D eigenvalue weighted by Crippen LogP contribution is 2.35. The third-order valence-electron chi connectivity index (χ3n) is 5.85. The molecule has 0 aliphatic carbocycles. The Bertz CT molecular complexity index is 959. The Balaban J connectivity index is 1.71. The van der Waals surface area contributed by atoms with Gasteiger partial charge in [0.15, 0.2) is 0 Å². The van der Waals surface area contributed by atoms with Crippen LogP contribution in [0.1, 0.15) is 35.5 Å². The number of amides is 2. The zero-order chi connectivity index (χ0) is 23.8. The summed E-state index contributed by atoms with van der Waals surface area (Å²) < 4.78 is 0. The van der Waals surface area contributed by atoms with Gasteiger partial charge in [-0.25, -0.2) is 4.79 Å². The number of carboxylic acid groups (broad SMARTS) is 1. The summed E-state index contributed by atoms with van der Waals surface area (Å²) >= 11 is 1.67. The van der Waals surface area contributed by atoms with Crippen molar-refractivity contribution in [2.24, 2.45) is 0 Å². The SMILES string of the molecule is CCN(CC)CCCN1C(=O)CN(C(=O)CNCCc2cccs2)c2cc(C(=O)O)ccc21. The Hall–Kier alpha value is -2.75. The summed E-state index contributed by atoms with van der Waals surface area (Å²) in [4.78, 5) is 44.1. The van der Waals surface area contributed by atoms with Crippen LogP contribution in [-0.4, -0.2) is 73.6 Å². The predicted octanol–water partition coefficient (Wildman–Crippen LogP) is 2.69. The number of anilines is 2. The van der Waals surface area contributed by atoms with E-state index in [0.29, 0.717) is 24.5 Å². The number of carboxylic acids is 1. The first-order chi connectivity index (χ1) is 15.9. The molecule has 0 radical (unpaired) electrons. The molecule has 178 valence electrons. The van der Waals surface area contributed by atoms with Crippen LogP contribution in [0.25, 0.3) is 0 Å². The van der Waals surface area contributed by atoms with Gasteiger partial charge in [0.2, 0.25) is 11.8 Å². The quantitative estimate of drug-likeness (QED) is 0.462. The summed E-state index contributed by atoms with van der Waals surface area (Å²) in [7, 11) is 0. The lowest BCUT2D eigenvalue weighted by atomic mass is 10.1. The molecule has 2 amide bonds. The first kappa shape index (κ1) is 24.9. The fourth-order valence-corrected chi connectivity index (χ4v) is 4.67. The van der Waals surface area contributed by atoms with Crippen molar-refractivity contribution in [3.05, 3.63) is 46.2 Å². The molecular weight excluding hydrogens is 440 g/mol. The number of hydrogen-bond acceptors (Lipinski definition) is 6. The lowest BCUT2D eigenvalue weighted by Crippen LogP contribution is -2.51. The minimum atomic E-state index is -1.07. The Labute approximate surface area is 198 Å². The molecule has 0 fully saturated rings. The highest BCUT2D eigenvalue weighted by molar-refractivity contribution is 7.09. The van der Waals surface area contributed by atoms with Gasteiger partial charge in [0.1, 0.15) is 6.54 Å². The van der Waals surface area contributed by atoms with Gasteiger partial charge in [-0.05, 0) is 62.1 Å². The summed E-state index contributed by atoms with van der Waals surface area (Å²) in [5, 5.41) is 14.6. The zero-order valence-electron chi connectivity index (χ0n) is 19.2. The minimum Gasteiger partial charge on any atom is -0.478 e. The number of hydrogen-bond donors (Lipinski definition) is 2. The van der Waals surface area contributed by atoms with Crippen molar-refractivity contribution in [1.82, 2.24) is 10.2 Å². The second-order valence-electron chi connectivity index (χ2n) is 7.92. The van der Waals surface area contributed by atoms with E-state index in [1.807, 2.05) is 11.4 Å². The van der Waals surface area contributed by atoms with Gasteiger partial charge in [-0.2, -0.15) is 0 Å². The highest BCUT2D eigenvalue weighted by atomic mass is 32.1. The fourth-order valence-electron chi connectivity index (χ4n) is 3.96. The van der Waals surface area contributed by atoms with E-state index in [2.05, 4.69) is 30.1 Å². The van der Waals surface area contributed by atoms with Gasteiger partial charge >= 0.3 is 5.97 Å². The third-order valence-corrected chi connectivity index (χ3v) is 6.79. The summed E-state index contributed by atoms with van der Waals surface area (Å²) in [6.07, 6.45) is 1.62. The molecule has 2 heterocycles. The molecular formula is C24H32N4O4S. The summed E-state index contributed by atoms with van der Waals surface area (Å²) in [6.45, 7) is 8.14. The Morgan fingerprint density at radius 3 is 2.64 bits per heavy atom. The molecule has 2 N–H and O–H groups in total. The Morgan fingerprint density at radius 1 is 1.18 bits per heavy atom. The van der Waals surface area contributed by atoms with Crippen LogP contribution in [0.5, 0.6) is 0 Å². The molecule has 8 nitrogen and oxygen atoms in total. The fraction of sp³-hybridized carbons (Fsp3) is 0.458. The first-order valence-corrected chi connectivity index (χ1v) is 12.3. The molecule has 9 heteroatoms. The number of rotatable bonds is 12. The van der Waals surface area contributed by atoms with Crippen molar-refractivity contribution < 1.29 is 19.5 Å². The standard InChI is InChI=1S/C24H32N4O4S/c1-3-26(4-2)12-6-13-27-20-9-8-18(24(31)32)15-21(20)28(17-23(27)30)22(29)16-25-11-10-19-7-5-14-33-19/h5,7-9,14-15,25H,3-4,6,10-13,16-17H2,1-2H3,(H,31,32). The molecule has 0 saturated heterocycles. The van der Waals surface area contributed by atoms with Crippen molar-refractivity contribution in [3.8, 4) is 0 Å². The van der Waals surface area contributed by atoms with Crippen molar-refractivity contribution in [2.75, 3.05) is 55.6 Å². The predicted molar refractivity (Wildman–Crippen MR) is 131 cm³/mol. The Morgan fingerprint density at radius 2 is 1.97 bits per heavy atom. The van der Waals surface area contributed by atoms with E-state index in [1.165, 1.54) is 21.9 Å². The van der Waals surface area contributed by atoms with Crippen LogP contribution in [0.2, 0.25) is 0 Å². The van der Waals surface area contributed by atoms with E-state index in [4.69, 9.17) is 0 Å². The van der Waals surface area contributed by atoms with E-state index in [9.17, 15) is 19.5 Å². The molecule has 0 saturated carbocycles. The van der Waals surface area contributed by atoms with Gasteiger partial charge in [-0.1, -0.05) is 19.9 Å². The number of aromatic carboxylic acids is 1. The molecule has 1 aliphatic rings. The van der Waals surface area contributed by atoms with E-state index in [-0.39, 0.29) is 30.5 Å². The first-order valence-electron chi connectivity index (χ1n) is 11.4. The molecule has 0 unspecified atom stereocenters. The monoisotopic (exact) mass is 472 g/mol. The second kappa shape index (κ2) is 11.9. The second-order valence-corrected chi connectivity index (χ2v) is 8.95. The van der Waals surface area contributed by atoms with Crippen molar-refractivity contribution in [3.63, 3.8) is 0 Å². The number of benzene rings is 1. The van der Waals surface area contributed by atoms with Crippen LogP contribution < -0.4 is 15.1 Å². The minimum absolute atomic E-state index is 0.0807. The van der Waals surface area contributed by atoms with Gasteiger partial charge < -0.3 is 20.2 Å². The third kappa shape index (κ3) is 6.40. The van der Waals surface area contributed by atoms with Crippen LogP contribution in [0.4, 0.5) is 11.4 Å². The van der Waals surface area contributed by atoms with Crippen LogP contribution in [-0.2, 0) is 16.0 Å². The zero-order valence-corrected chi connectivity index (χ0v) is 20.1. The van der Waals surface area contributed by atoms with Gasteiger partial charge in [0.25, 0.3) is 0 Å². The molecule has 3 rings (SSSR count). The lowest BCUT2D eigenvalue weighted by molar-refractivity contribution is -0.122. The molecule has 1 aromatic carbocycles. The topological polar surface area (TPSA) is 93.2 Å². The molecule has 0 bridgehead atoms. The van der Waals surface area contributed by atoms with Crippen LogP contribution in [0.15, 0.2) is 35.7 Å². The maximum Gasteiger partial charge on any atom is 0.335 e. The van der Waals surface area contributed by atoms with Crippen LogP contribution >= 0.6 is 11.3 Å². The molecule has 33 heavy (non-hydrogen) atoms. The number of fused-ring (bicyclic) bond motifs is 1.